The molecule has 0 saturated carbocycles. The first-order valence-electron chi connectivity index (χ1n) is 5.72. The maximum absolute atomic E-state index is 11.8. The van der Waals surface area contributed by atoms with Crippen molar-refractivity contribution in [3.8, 4) is 0 Å². The zero-order valence-electron chi connectivity index (χ0n) is 10.0. The van der Waals surface area contributed by atoms with Gasteiger partial charge in [-0.2, -0.15) is 0 Å². The van der Waals surface area contributed by atoms with Crippen LogP contribution in [0.2, 0.25) is 0 Å². The van der Waals surface area contributed by atoms with Crippen LogP contribution >= 0.6 is 11.3 Å². The number of hydrogen-bond acceptors (Lipinski definition) is 5. The fraction of sp³-hybridized carbons (Fsp3) is 0.333. The SMILES string of the molecule is CCC(O)CNC(=O)c1ccc2nc(N)sc2c1. The maximum Gasteiger partial charge on any atom is 0.251 e. The van der Waals surface area contributed by atoms with Gasteiger partial charge < -0.3 is 16.2 Å². The molecule has 0 bridgehead atoms. The number of anilines is 1. The summed E-state index contributed by atoms with van der Waals surface area (Å²) in [6, 6.07) is 5.24. The van der Waals surface area contributed by atoms with Crippen LogP contribution in [0.4, 0.5) is 5.13 Å². The summed E-state index contributed by atoms with van der Waals surface area (Å²) in [5.41, 5.74) is 6.95. The second-order valence-electron chi connectivity index (χ2n) is 4.01. The number of aliphatic hydroxyl groups excluding tert-OH is 1. The lowest BCUT2D eigenvalue weighted by Gasteiger charge is -2.09. The summed E-state index contributed by atoms with van der Waals surface area (Å²) < 4.78 is 0.885. The van der Waals surface area contributed by atoms with Crippen molar-refractivity contribution in [1.29, 1.82) is 0 Å². The van der Waals surface area contributed by atoms with E-state index in [1.54, 1.807) is 18.2 Å². The Kier molecular flexibility index (Phi) is 3.78. The molecule has 0 aliphatic carbocycles. The zero-order valence-corrected chi connectivity index (χ0v) is 10.8. The minimum Gasteiger partial charge on any atom is -0.391 e. The Morgan fingerprint density at radius 2 is 2.39 bits per heavy atom. The first-order valence-corrected chi connectivity index (χ1v) is 6.54. The number of amides is 1. The molecule has 2 rings (SSSR count). The van der Waals surface area contributed by atoms with Crippen molar-refractivity contribution in [1.82, 2.24) is 10.3 Å². The van der Waals surface area contributed by atoms with Crippen LogP contribution in [0.25, 0.3) is 10.2 Å². The summed E-state index contributed by atoms with van der Waals surface area (Å²) in [5.74, 6) is -0.198. The number of hydrogen-bond donors (Lipinski definition) is 3. The Hall–Kier alpha value is -1.66. The summed E-state index contributed by atoms with van der Waals surface area (Å²) >= 11 is 1.35. The van der Waals surface area contributed by atoms with E-state index in [2.05, 4.69) is 10.3 Å². The number of aliphatic hydroxyl groups is 1. The number of nitrogens with one attached hydrogen (secondary N) is 1. The summed E-state index contributed by atoms with van der Waals surface area (Å²) in [7, 11) is 0. The summed E-state index contributed by atoms with van der Waals surface area (Å²) in [4.78, 5) is 16.0. The van der Waals surface area contributed by atoms with E-state index in [1.807, 2.05) is 6.92 Å². The first-order chi connectivity index (χ1) is 8.60. The minimum absolute atomic E-state index is 0.198. The van der Waals surface area contributed by atoms with Crippen molar-refractivity contribution < 1.29 is 9.90 Å². The van der Waals surface area contributed by atoms with Crippen LogP contribution < -0.4 is 11.1 Å². The first kappa shape index (κ1) is 12.8. The van der Waals surface area contributed by atoms with Crippen LogP contribution in [0.5, 0.6) is 0 Å². The molecule has 0 radical (unpaired) electrons. The predicted molar refractivity (Wildman–Crippen MR) is 72.7 cm³/mol. The minimum atomic E-state index is -0.503. The molecule has 0 spiro atoms. The van der Waals surface area contributed by atoms with Crippen molar-refractivity contribution in [2.24, 2.45) is 0 Å². The van der Waals surface area contributed by atoms with Gasteiger partial charge in [0.25, 0.3) is 5.91 Å². The highest BCUT2D eigenvalue weighted by Gasteiger charge is 2.09. The van der Waals surface area contributed by atoms with Crippen molar-refractivity contribution in [3.05, 3.63) is 23.8 Å². The van der Waals surface area contributed by atoms with E-state index in [1.165, 1.54) is 11.3 Å². The van der Waals surface area contributed by atoms with Gasteiger partial charge in [-0.25, -0.2) is 4.98 Å². The molecule has 18 heavy (non-hydrogen) atoms. The van der Waals surface area contributed by atoms with Crippen molar-refractivity contribution in [2.75, 3.05) is 12.3 Å². The van der Waals surface area contributed by atoms with Crippen LogP contribution in [-0.4, -0.2) is 28.6 Å². The smallest absolute Gasteiger partial charge is 0.251 e. The number of nitrogen functional groups attached to an aromatic ring is 1. The van der Waals surface area contributed by atoms with Gasteiger partial charge in [-0.3, -0.25) is 4.79 Å². The average molecular weight is 265 g/mol. The molecular weight excluding hydrogens is 250 g/mol. The van der Waals surface area contributed by atoms with Crippen LogP contribution in [0, 0.1) is 0 Å². The molecule has 6 heteroatoms. The third kappa shape index (κ3) is 2.77. The molecule has 1 unspecified atom stereocenters. The molecule has 1 atom stereocenters. The van der Waals surface area contributed by atoms with E-state index < -0.39 is 6.10 Å². The number of benzene rings is 1. The Bertz CT molecular complexity index is 567. The fourth-order valence-electron chi connectivity index (χ4n) is 1.54. The summed E-state index contributed by atoms with van der Waals surface area (Å²) in [6.45, 7) is 2.13. The van der Waals surface area contributed by atoms with Gasteiger partial charge in [-0.15, -0.1) is 0 Å². The molecule has 4 N–H and O–H groups in total. The number of carbonyl (C=O) groups is 1. The highest BCUT2D eigenvalue weighted by molar-refractivity contribution is 7.22. The number of carbonyl (C=O) groups excluding carboxylic acids is 1. The maximum atomic E-state index is 11.8. The lowest BCUT2D eigenvalue weighted by molar-refractivity contribution is 0.0914. The second-order valence-corrected chi connectivity index (χ2v) is 5.07. The van der Waals surface area contributed by atoms with Crippen molar-refractivity contribution in [2.45, 2.75) is 19.4 Å². The molecule has 1 aromatic carbocycles. The molecule has 1 aromatic heterocycles. The normalized spacial score (nSPS) is 12.6. The van der Waals surface area contributed by atoms with Crippen LogP contribution in [0.15, 0.2) is 18.2 Å². The number of nitrogens with two attached hydrogens (primary N) is 1. The highest BCUT2D eigenvalue weighted by Crippen LogP contribution is 2.24. The van der Waals surface area contributed by atoms with Crippen LogP contribution in [-0.2, 0) is 0 Å². The molecule has 0 saturated heterocycles. The number of fused-ring (bicyclic) bond motifs is 1. The number of rotatable bonds is 4. The molecule has 0 aliphatic rings. The van der Waals surface area contributed by atoms with Gasteiger partial charge in [0.15, 0.2) is 5.13 Å². The Balaban J connectivity index is 2.12. The average Bonchev–Trinajstić information content (AvgIpc) is 2.74. The number of nitrogens with zero attached hydrogens (tertiary/aromatic N) is 1. The van der Waals surface area contributed by atoms with E-state index in [9.17, 15) is 9.90 Å². The molecule has 5 nitrogen and oxygen atoms in total. The molecular formula is C12H15N3O2S. The van der Waals surface area contributed by atoms with E-state index in [-0.39, 0.29) is 12.5 Å². The number of thiazole rings is 1. The third-order valence-electron chi connectivity index (χ3n) is 2.64. The summed E-state index contributed by atoms with van der Waals surface area (Å²) in [5, 5.41) is 12.6. The molecule has 0 fully saturated rings. The monoisotopic (exact) mass is 265 g/mol. The Morgan fingerprint density at radius 1 is 1.61 bits per heavy atom. The number of aromatic nitrogens is 1. The second kappa shape index (κ2) is 5.32. The van der Waals surface area contributed by atoms with Crippen molar-refractivity contribution in [3.63, 3.8) is 0 Å². The van der Waals surface area contributed by atoms with Crippen molar-refractivity contribution >= 4 is 32.6 Å². The molecule has 96 valence electrons. The fourth-order valence-corrected chi connectivity index (χ4v) is 2.31. The van der Waals surface area contributed by atoms with E-state index in [0.29, 0.717) is 17.1 Å². The largest absolute Gasteiger partial charge is 0.391 e. The topological polar surface area (TPSA) is 88.2 Å². The lowest BCUT2D eigenvalue weighted by atomic mass is 10.2. The van der Waals surface area contributed by atoms with E-state index >= 15 is 0 Å². The molecule has 1 heterocycles. The van der Waals surface area contributed by atoms with E-state index in [0.717, 1.165) is 10.2 Å². The molecule has 1 amide bonds. The third-order valence-corrected chi connectivity index (χ3v) is 3.48. The molecule has 0 aliphatic heterocycles. The van der Waals surface area contributed by atoms with Gasteiger partial charge in [0.1, 0.15) is 0 Å². The predicted octanol–water partition coefficient (Wildman–Crippen LogP) is 1.38. The molecule has 2 aromatic rings. The quantitative estimate of drug-likeness (QED) is 0.779. The van der Waals surface area contributed by atoms with Gasteiger partial charge in [0.05, 0.1) is 16.3 Å². The zero-order chi connectivity index (χ0) is 13.1. The standard InChI is InChI=1S/C12H15N3O2S/c1-2-8(16)6-14-11(17)7-3-4-9-10(5-7)18-12(13)15-9/h3-5,8,16H,2,6H2,1H3,(H2,13,15)(H,14,17). The Morgan fingerprint density at radius 3 is 3.11 bits per heavy atom. The van der Waals surface area contributed by atoms with Gasteiger partial charge in [-0.1, -0.05) is 18.3 Å². The van der Waals surface area contributed by atoms with Crippen LogP contribution in [0.3, 0.4) is 0 Å². The Labute approximate surface area is 109 Å². The van der Waals surface area contributed by atoms with Gasteiger partial charge >= 0.3 is 0 Å². The summed E-state index contributed by atoms with van der Waals surface area (Å²) in [6.07, 6.45) is 0.113. The van der Waals surface area contributed by atoms with Gasteiger partial charge in [-0.05, 0) is 24.6 Å². The van der Waals surface area contributed by atoms with Gasteiger partial charge in [0.2, 0.25) is 0 Å². The lowest BCUT2D eigenvalue weighted by Crippen LogP contribution is -2.31. The highest BCUT2D eigenvalue weighted by atomic mass is 32.1. The van der Waals surface area contributed by atoms with E-state index in [4.69, 9.17) is 5.73 Å². The van der Waals surface area contributed by atoms with Crippen LogP contribution in [0.1, 0.15) is 23.7 Å². The van der Waals surface area contributed by atoms with Gasteiger partial charge in [0, 0.05) is 12.1 Å².